The highest BCUT2D eigenvalue weighted by Gasteiger charge is 2.08. The number of carbonyl (C=O) groups excluding carboxylic acids is 1. The molecule has 6 heteroatoms. The predicted octanol–water partition coefficient (Wildman–Crippen LogP) is 2.38. The first kappa shape index (κ1) is 15.5. The Balaban J connectivity index is 2.04. The van der Waals surface area contributed by atoms with Crippen LogP contribution >= 0.6 is 22.9 Å². The lowest BCUT2D eigenvalue weighted by Crippen LogP contribution is -2.22. The van der Waals surface area contributed by atoms with Crippen LogP contribution in [-0.4, -0.2) is 22.6 Å². The fraction of sp³-hybridized carbons (Fsp3) is 0.200. The lowest BCUT2D eigenvalue weighted by Gasteiger charge is -2.04. The molecule has 2 aromatic rings. The molecule has 0 radical (unpaired) electrons. The van der Waals surface area contributed by atoms with Gasteiger partial charge in [0.25, 0.3) is 5.91 Å². The van der Waals surface area contributed by atoms with Gasteiger partial charge in [0, 0.05) is 22.2 Å². The van der Waals surface area contributed by atoms with Gasteiger partial charge in [0.2, 0.25) is 0 Å². The molecular formula is C15H13ClN2O2S. The van der Waals surface area contributed by atoms with Gasteiger partial charge in [0.1, 0.15) is 11.6 Å². The van der Waals surface area contributed by atoms with Crippen LogP contribution in [0, 0.1) is 18.8 Å². The van der Waals surface area contributed by atoms with Gasteiger partial charge in [-0.2, -0.15) is 0 Å². The maximum Gasteiger partial charge on any atom is 0.251 e. The number of rotatable bonds is 3. The van der Waals surface area contributed by atoms with E-state index in [0.29, 0.717) is 22.7 Å². The molecule has 108 valence electrons. The van der Waals surface area contributed by atoms with Crippen molar-refractivity contribution >= 4 is 28.8 Å². The first-order valence-electron chi connectivity index (χ1n) is 6.18. The van der Waals surface area contributed by atoms with Gasteiger partial charge in [0.15, 0.2) is 0 Å². The number of aliphatic hydroxyl groups is 1. The summed E-state index contributed by atoms with van der Waals surface area (Å²) >= 11 is 7.56. The van der Waals surface area contributed by atoms with Gasteiger partial charge in [-0.3, -0.25) is 4.79 Å². The Labute approximate surface area is 131 Å². The van der Waals surface area contributed by atoms with E-state index >= 15 is 0 Å². The van der Waals surface area contributed by atoms with E-state index in [9.17, 15) is 4.79 Å². The molecule has 0 aliphatic heterocycles. The second-order valence-electron chi connectivity index (χ2n) is 4.22. The third kappa shape index (κ3) is 4.30. The third-order valence-corrected chi connectivity index (χ3v) is 3.88. The van der Waals surface area contributed by atoms with Gasteiger partial charge < -0.3 is 10.4 Å². The van der Waals surface area contributed by atoms with Crippen molar-refractivity contribution in [3.05, 3.63) is 50.4 Å². The Morgan fingerprint density at radius 3 is 2.95 bits per heavy atom. The first-order chi connectivity index (χ1) is 10.1. The lowest BCUT2D eigenvalue weighted by atomic mass is 10.1. The molecule has 21 heavy (non-hydrogen) atoms. The monoisotopic (exact) mass is 320 g/mol. The number of halogens is 1. The van der Waals surface area contributed by atoms with E-state index in [4.69, 9.17) is 16.7 Å². The molecule has 4 nitrogen and oxygen atoms in total. The molecule has 2 N–H and O–H groups in total. The van der Waals surface area contributed by atoms with Crippen LogP contribution in [0.15, 0.2) is 23.6 Å². The number of hydrogen-bond acceptors (Lipinski definition) is 4. The van der Waals surface area contributed by atoms with Crippen LogP contribution in [0.25, 0.3) is 0 Å². The van der Waals surface area contributed by atoms with E-state index in [1.165, 1.54) is 11.3 Å². The zero-order valence-corrected chi connectivity index (χ0v) is 12.9. The number of nitrogens with one attached hydrogen (secondary N) is 1. The fourth-order valence-electron chi connectivity index (χ4n) is 1.63. The molecule has 0 aliphatic carbocycles. The van der Waals surface area contributed by atoms with Crippen LogP contribution in [0.4, 0.5) is 0 Å². The summed E-state index contributed by atoms with van der Waals surface area (Å²) in [5.74, 6) is 5.02. The van der Waals surface area contributed by atoms with Crippen molar-refractivity contribution < 1.29 is 9.90 Å². The molecule has 1 aromatic carbocycles. The average Bonchev–Trinajstić information content (AvgIpc) is 2.89. The highest BCUT2D eigenvalue weighted by Crippen LogP contribution is 2.17. The summed E-state index contributed by atoms with van der Waals surface area (Å²) < 4.78 is 0. The van der Waals surface area contributed by atoms with Crippen molar-refractivity contribution in [2.24, 2.45) is 0 Å². The molecule has 0 spiro atoms. The topological polar surface area (TPSA) is 62.2 Å². The fourth-order valence-corrected chi connectivity index (χ4v) is 2.57. The normalized spacial score (nSPS) is 9.86. The quantitative estimate of drug-likeness (QED) is 0.854. The van der Waals surface area contributed by atoms with Crippen molar-refractivity contribution in [3.63, 3.8) is 0 Å². The number of hydrogen-bond donors (Lipinski definition) is 2. The summed E-state index contributed by atoms with van der Waals surface area (Å²) in [5.41, 5.74) is 1.99. The van der Waals surface area contributed by atoms with Crippen LogP contribution in [0.2, 0.25) is 5.02 Å². The third-order valence-electron chi connectivity index (χ3n) is 2.60. The molecule has 0 saturated heterocycles. The molecule has 1 amide bonds. The molecule has 0 atom stereocenters. The van der Waals surface area contributed by atoms with Gasteiger partial charge in [-0.1, -0.05) is 23.4 Å². The van der Waals surface area contributed by atoms with Gasteiger partial charge in [-0.15, -0.1) is 11.3 Å². The predicted molar refractivity (Wildman–Crippen MR) is 83.4 cm³/mol. The zero-order valence-electron chi connectivity index (χ0n) is 11.3. The number of carbonyl (C=O) groups is 1. The maximum absolute atomic E-state index is 12.0. The average molecular weight is 321 g/mol. The summed E-state index contributed by atoms with van der Waals surface area (Å²) in [6, 6.07) is 4.87. The zero-order chi connectivity index (χ0) is 15.2. The smallest absolute Gasteiger partial charge is 0.251 e. The standard InChI is InChI=1S/C15H13ClN2O2S/c1-10-9-21-14(18-10)8-17-15(20)12-5-4-11(3-2-6-19)13(16)7-12/h4-5,7,9,19H,6,8H2,1H3,(H,17,20). The summed E-state index contributed by atoms with van der Waals surface area (Å²) in [4.78, 5) is 16.3. The summed E-state index contributed by atoms with van der Waals surface area (Å²) in [7, 11) is 0. The van der Waals surface area contributed by atoms with Gasteiger partial charge >= 0.3 is 0 Å². The number of thiazole rings is 1. The number of amides is 1. The highest BCUT2D eigenvalue weighted by molar-refractivity contribution is 7.09. The number of aliphatic hydroxyl groups excluding tert-OH is 1. The Morgan fingerprint density at radius 1 is 1.52 bits per heavy atom. The molecular weight excluding hydrogens is 308 g/mol. The number of benzene rings is 1. The first-order valence-corrected chi connectivity index (χ1v) is 7.44. The molecule has 1 aromatic heterocycles. The highest BCUT2D eigenvalue weighted by atomic mass is 35.5. The van der Waals surface area contributed by atoms with E-state index in [1.54, 1.807) is 18.2 Å². The lowest BCUT2D eigenvalue weighted by molar-refractivity contribution is 0.0951. The van der Waals surface area contributed by atoms with Crippen molar-refractivity contribution in [1.82, 2.24) is 10.3 Å². The van der Waals surface area contributed by atoms with Crippen LogP contribution < -0.4 is 5.32 Å². The van der Waals surface area contributed by atoms with Gasteiger partial charge in [-0.25, -0.2) is 4.98 Å². The van der Waals surface area contributed by atoms with E-state index in [0.717, 1.165) is 10.7 Å². The Hall–Kier alpha value is -1.87. The molecule has 2 rings (SSSR count). The number of aryl methyl sites for hydroxylation is 1. The minimum absolute atomic E-state index is 0.216. The Kier molecular flexibility index (Phi) is 5.34. The van der Waals surface area contributed by atoms with E-state index in [-0.39, 0.29) is 12.5 Å². The Bertz CT molecular complexity index is 716. The second-order valence-corrected chi connectivity index (χ2v) is 5.57. The van der Waals surface area contributed by atoms with Gasteiger partial charge in [0.05, 0.1) is 11.6 Å². The van der Waals surface area contributed by atoms with E-state index in [2.05, 4.69) is 22.1 Å². The van der Waals surface area contributed by atoms with Crippen LogP contribution in [0.1, 0.15) is 26.6 Å². The summed E-state index contributed by atoms with van der Waals surface area (Å²) in [6.45, 7) is 2.07. The van der Waals surface area contributed by atoms with Gasteiger partial charge in [-0.05, 0) is 25.1 Å². The number of aromatic nitrogens is 1. The van der Waals surface area contributed by atoms with Crippen LogP contribution in [0.5, 0.6) is 0 Å². The second kappa shape index (κ2) is 7.23. The van der Waals surface area contributed by atoms with E-state index in [1.807, 2.05) is 12.3 Å². The van der Waals surface area contributed by atoms with E-state index < -0.39 is 0 Å². The van der Waals surface area contributed by atoms with Crippen LogP contribution in [0.3, 0.4) is 0 Å². The molecule has 0 bridgehead atoms. The summed E-state index contributed by atoms with van der Waals surface area (Å²) in [6.07, 6.45) is 0. The summed E-state index contributed by atoms with van der Waals surface area (Å²) in [5, 5.41) is 14.6. The molecule has 0 fully saturated rings. The molecule has 0 aliphatic rings. The van der Waals surface area contributed by atoms with Crippen molar-refractivity contribution in [3.8, 4) is 11.8 Å². The SMILES string of the molecule is Cc1csc(CNC(=O)c2ccc(C#CCO)c(Cl)c2)n1. The Morgan fingerprint density at radius 2 is 2.33 bits per heavy atom. The maximum atomic E-state index is 12.0. The number of nitrogens with zero attached hydrogens (tertiary/aromatic N) is 1. The van der Waals surface area contributed by atoms with Crippen molar-refractivity contribution in [1.29, 1.82) is 0 Å². The minimum atomic E-state index is -0.230. The largest absolute Gasteiger partial charge is 0.384 e. The van der Waals surface area contributed by atoms with Crippen molar-refractivity contribution in [2.75, 3.05) is 6.61 Å². The molecule has 0 unspecified atom stereocenters. The van der Waals surface area contributed by atoms with Crippen molar-refractivity contribution in [2.45, 2.75) is 13.5 Å². The minimum Gasteiger partial charge on any atom is -0.384 e. The van der Waals surface area contributed by atoms with Crippen LogP contribution in [-0.2, 0) is 6.54 Å². The molecule has 1 heterocycles. The molecule has 0 saturated carbocycles.